The van der Waals surface area contributed by atoms with Crippen molar-refractivity contribution in [3.8, 4) is 11.1 Å². The van der Waals surface area contributed by atoms with Gasteiger partial charge in [0.25, 0.3) is 10.0 Å². The predicted octanol–water partition coefficient (Wildman–Crippen LogP) is 4.30. The minimum atomic E-state index is -4.17. The molecule has 1 N–H and O–H groups in total. The standard InChI is InChI=1S/C26H26F2N6O2S/c1-33(2)20-7-9-34(10-8-20)26-16-30-24-5-3-17(12-25(24)31-26)18-11-21(15-29-14-18)37(35,36)32-23-6-4-19(27)13-22(23)28/h3-6,11-16,20,32H,7-10H2,1-2H3. The Balaban J connectivity index is 1.41. The van der Waals surface area contributed by atoms with Gasteiger partial charge in [0.15, 0.2) is 0 Å². The number of nitrogens with one attached hydrogen (secondary N) is 1. The van der Waals surface area contributed by atoms with Crippen LogP contribution in [0.4, 0.5) is 20.3 Å². The molecule has 3 heterocycles. The number of halogens is 2. The van der Waals surface area contributed by atoms with Gasteiger partial charge in [-0.3, -0.25) is 14.7 Å². The minimum Gasteiger partial charge on any atom is -0.355 e. The third-order valence-electron chi connectivity index (χ3n) is 6.58. The van der Waals surface area contributed by atoms with Crippen molar-refractivity contribution in [3.63, 3.8) is 0 Å². The summed E-state index contributed by atoms with van der Waals surface area (Å²) in [5.41, 5.74) is 2.31. The smallest absolute Gasteiger partial charge is 0.263 e. The normalized spacial score (nSPS) is 14.9. The van der Waals surface area contributed by atoms with Gasteiger partial charge in [0, 0.05) is 43.2 Å². The lowest BCUT2D eigenvalue weighted by atomic mass is 10.0. The molecule has 0 atom stereocenters. The number of aromatic nitrogens is 3. The molecule has 0 aliphatic carbocycles. The average molecular weight is 525 g/mol. The molecule has 4 aromatic rings. The van der Waals surface area contributed by atoms with E-state index in [1.165, 1.54) is 12.3 Å². The van der Waals surface area contributed by atoms with E-state index in [1.54, 1.807) is 12.4 Å². The van der Waals surface area contributed by atoms with E-state index < -0.39 is 21.7 Å². The maximum atomic E-state index is 14.0. The predicted molar refractivity (Wildman–Crippen MR) is 139 cm³/mol. The molecule has 1 saturated heterocycles. The summed E-state index contributed by atoms with van der Waals surface area (Å²) in [7, 11) is 0.0355. The highest BCUT2D eigenvalue weighted by Gasteiger charge is 2.22. The van der Waals surface area contributed by atoms with Crippen molar-refractivity contribution in [2.45, 2.75) is 23.8 Å². The van der Waals surface area contributed by atoms with Crippen LogP contribution < -0.4 is 9.62 Å². The fourth-order valence-corrected chi connectivity index (χ4v) is 5.50. The molecule has 0 spiro atoms. The molecular formula is C26H26F2N6O2S. The van der Waals surface area contributed by atoms with Crippen LogP contribution in [0.1, 0.15) is 12.8 Å². The van der Waals surface area contributed by atoms with E-state index in [4.69, 9.17) is 4.98 Å². The van der Waals surface area contributed by atoms with Gasteiger partial charge in [-0.05, 0) is 62.8 Å². The molecule has 2 aromatic heterocycles. The number of pyridine rings is 1. The zero-order chi connectivity index (χ0) is 26.2. The maximum Gasteiger partial charge on any atom is 0.263 e. The monoisotopic (exact) mass is 524 g/mol. The molecule has 0 bridgehead atoms. The van der Waals surface area contributed by atoms with Crippen molar-refractivity contribution < 1.29 is 17.2 Å². The van der Waals surface area contributed by atoms with Crippen molar-refractivity contribution in [1.29, 1.82) is 0 Å². The quantitative estimate of drug-likeness (QED) is 0.402. The van der Waals surface area contributed by atoms with Crippen molar-refractivity contribution in [1.82, 2.24) is 19.9 Å². The third kappa shape index (κ3) is 5.37. The van der Waals surface area contributed by atoms with E-state index in [0.29, 0.717) is 28.8 Å². The summed E-state index contributed by atoms with van der Waals surface area (Å²) in [6, 6.07) is 10.1. The fraction of sp³-hybridized carbons (Fsp3) is 0.269. The van der Waals surface area contributed by atoms with Gasteiger partial charge in [0.2, 0.25) is 0 Å². The third-order valence-corrected chi connectivity index (χ3v) is 7.91. The second-order valence-electron chi connectivity index (χ2n) is 9.25. The van der Waals surface area contributed by atoms with Crippen LogP contribution >= 0.6 is 0 Å². The topological polar surface area (TPSA) is 91.3 Å². The van der Waals surface area contributed by atoms with Gasteiger partial charge in [0.05, 0.1) is 22.9 Å². The molecule has 1 fully saturated rings. The lowest BCUT2D eigenvalue weighted by Gasteiger charge is -2.35. The van der Waals surface area contributed by atoms with E-state index in [9.17, 15) is 17.2 Å². The first-order chi connectivity index (χ1) is 17.7. The second kappa shape index (κ2) is 9.98. The Morgan fingerprint density at radius 3 is 2.46 bits per heavy atom. The van der Waals surface area contributed by atoms with Gasteiger partial charge in [-0.25, -0.2) is 22.2 Å². The van der Waals surface area contributed by atoms with Gasteiger partial charge in [-0.15, -0.1) is 0 Å². The van der Waals surface area contributed by atoms with Crippen LogP contribution in [-0.4, -0.2) is 61.5 Å². The van der Waals surface area contributed by atoms with Crippen LogP contribution in [0.2, 0.25) is 0 Å². The van der Waals surface area contributed by atoms with Gasteiger partial charge in [-0.1, -0.05) is 6.07 Å². The van der Waals surface area contributed by atoms with Crippen molar-refractivity contribution in [2.75, 3.05) is 36.8 Å². The van der Waals surface area contributed by atoms with Crippen LogP contribution in [0.15, 0.2) is 66.0 Å². The fourth-order valence-electron chi connectivity index (χ4n) is 4.44. The van der Waals surface area contributed by atoms with E-state index in [-0.39, 0.29) is 10.6 Å². The average Bonchev–Trinajstić information content (AvgIpc) is 2.90. The molecule has 1 aliphatic rings. The second-order valence-corrected chi connectivity index (χ2v) is 10.9. The number of fused-ring (bicyclic) bond motifs is 1. The minimum absolute atomic E-state index is 0.155. The zero-order valence-electron chi connectivity index (χ0n) is 20.4. The Morgan fingerprint density at radius 2 is 1.73 bits per heavy atom. The van der Waals surface area contributed by atoms with Gasteiger partial charge in [0.1, 0.15) is 22.3 Å². The molecule has 0 saturated carbocycles. The Hall–Kier alpha value is -3.70. The molecule has 1 aliphatic heterocycles. The first-order valence-corrected chi connectivity index (χ1v) is 13.3. The molecule has 11 heteroatoms. The SMILES string of the molecule is CN(C)C1CCN(c2cnc3ccc(-c4cncc(S(=O)(=O)Nc5ccc(F)cc5F)c4)cc3n2)CC1. The van der Waals surface area contributed by atoms with E-state index in [0.717, 1.165) is 49.4 Å². The van der Waals surface area contributed by atoms with E-state index >= 15 is 0 Å². The van der Waals surface area contributed by atoms with Crippen LogP contribution in [0.3, 0.4) is 0 Å². The Morgan fingerprint density at radius 1 is 0.946 bits per heavy atom. The molecule has 0 amide bonds. The molecule has 5 rings (SSSR count). The highest BCUT2D eigenvalue weighted by Crippen LogP contribution is 2.27. The number of benzene rings is 2. The van der Waals surface area contributed by atoms with Crippen LogP contribution in [0.25, 0.3) is 22.2 Å². The zero-order valence-corrected chi connectivity index (χ0v) is 21.2. The van der Waals surface area contributed by atoms with Crippen LogP contribution in [-0.2, 0) is 10.0 Å². The molecule has 2 aromatic carbocycles. The van der Waals surface area contributed by atoms with Crippen LogP contribution in [0.5, 0.6) is 0 Å². The number of hydrogen-bond donors (Lipinski definition) is 1. The van der Waals surface area contributed by atoms with Gasteiger partial charge in [-0.2, -0.15) is 0 Å². The number of nitrogens with zero attached hydrogens (tertiary/aromatic N) is 5. The van der Waals surface area contributed by atoms with Gasteiger partial charge >= 0.3 is 0 Å². The lowest BCUT2D eigenvalue weighted by Crippen LogP contribution is -2.42. The summed E-state index contributed by atoms with van der Waals surface area (Å²) < 4.78 is 55.1. The van der Waals surface area contributed by atoms with E-state index in [2.05, 4.69) is 38.6 Å². The van der Waals surface area contributed by atoms with Crippen molar-refractivity contribution >= 4 is 32.6 Å². The summed E-state index contributed by atoms with van der Waals surface area (Å²) in [6.07, 6.45) is 6.60. The number of hydrogen-bond acceptors (Lipinski definition) is 7. The first-order valence-electron chi connectivity index (χ1n) is 11.8. The van der Waals surface area contributed by atoms with Crippen molar-refractivity contribution in [3.05, 3.63) is 72.7 Å². The van der Waals surface area contributed by atoms with Gasteiger partial charge < -0.3 is 9.80 Å². The summed E-state index contributed by atoms with van der Waals surface area (Å²) in [5.74, 6) is -1.01. The summed E-state index contributed by atoms with van der Waals surface area (Å²) in [6.45, 7) is 1.79. The molecule has 8 nitrogen and oxygen atoms in total. The summed E-state index contributed by atoms with van der Waals surface area (Å²) in [4.78, 5) is 17.8. The van der Waals surface area contributed by atoms with Crippen molar-refractivity contribution in [2.24, 2.45) is 0 Å². The Kier molecular flexibility index (Phi) is 6.74. The number of rotatable bonds is 6. The Labute approximate surface area is 214 Å². The largest absolute Gasteiger partial charge is 0.355 e. The first kappa shape index (κ1) is 25.0. The molecule has 0 unspecified atom stereocenters. The molecule has 37 heavy (non-hydrogen) atoms. The van der Waals surface area contributed by atoms with Crippen LogP contribution in [0, 0.1) is 11.6 Å². The molecule has 192 valence electrons. The number of piperidine rings is 1. The maximum absolute atomic E-state index is 14.0. The highest BCUT2D eigenvalue weighted by molar-refractivity contribution is 7.92. The molecule has 0 radical (unpaired) electrons. The number of anilines is 2. The lowest BCUT2D eigenvalue weighted by molar-refractivity contribution is 0.249. The Bertz CT molecular complexity index is 1560. The van der Waals surface area contributed by atoms with E-state index in [1.807, 2.05) is 18.2 Å². The highest BCUT2D eigenvalue weighted by atomic mass is 32.2. The number of sulfonamides is 1. The summed E-state index contributed by atoms with van der Waals surface area (Å²) in [5, 5.41) is 0. The summed E-state index contributed by atoms with van der Waals surface area (Å²) >= 11 is 0. The molecular weight excluding hydrogens is 498 g/mol.